The molecule has 0 radical (unpaired) electrons. The van der Waals surface area contributed by atoms with Gasteiger partial charge in [0.15, 0.2) is 0 Å². The second-order valence-corrected chi connectivity index (χ2v) is 8.42. The molecule has 2 aromatic rings. The van der Waals surface area contributed by atoms with Crippen molar-refractivity contribution in [2.24, 2.45) is 0 Å². The van der Waals surface area contributed by atoms with Crippen molar-refractivity contribution in [1.29, 1.82) is 0 Å². The standard InChI is InChI=1S/C22H28N2O6S2/c1-3-23-21(25)29-15-13-27-17-5-9-19(10-6-17)31-32-20-11-7-18(8-12-20)28-14-16-30-22(26)24-4-2/h5-12H,3-4,13-16H2,1-2H3,(H,23,25)(H,24,26). The van der Waals surface area contributed by atoms with Crippen LogP contribution in [0.1, 0.15) is 13.8 Å². The van der Waals surface area contributed by atoms with Gasteiger partial charge in [0.2, 0.25) is 0 Å². The van der Waals surface area contributed by atoms with Crippen molar-refractivity contribution in [3.05, 3.63) is 48.5 Å². The van der Waals surface area contributed by atoms with E-state index in [9.17, 15) is 9.59 Å². The molecule has 32 heavy (non-hydrogen) atoms. The molecule has 0 heterocycles. The fourth-order valence-corrected chi connectivity index (χ4v) is 4.19. The minimum atomic E-state index is -0.440. The van der Waals surface area contributed by atoms with Gasteiger partial charge < -0.3 is 29.6 Å². The maximum Gasteiger partial charge on any atom is 0.407 e. The SMILES string of the molecule is CCNC(=O)OCCOc1ccc(SSc2ccc(OCCOC(=O)NCC)cc2)cc1. The Bertz CT molecular complexity index is 749. The Morgan fingerprint density at radius 1 is 0.656 bits per heavy atom. The predicted octanol–water partition coefficient (Wildman–Crippen LogP) is 4.74. The van der Waals surface area contributed by atoms with Crippen LogP contribution in [0.25, 0.3) is 0 Å². The molecular weight excluding hydrogens is 452 g/mol. The minimum Gasteiger partial charge on any atom is -0.490 e. The fraction of sp³-hybridized carbons (Fsp3) is 0.364. The summed E-state index contributed by atoms with van der Waals surface area (Å²) in [6, 6.07) is 15.4. The molecule has 0 aliphatic carbocycles. The summed E-state index contributed by atoms with van der Waals surface area (Å²) in [5.74, 6) is 1.44. The van der Waals surface area contributed by atoms with Crippen molar-refractivity contribution in [2.45, 2.75) is 23.6 Å². The first-order valence-electron chi connectivity index (χ1n) is 10.2. The van der Waals surface area contributed by atoms with Crippen molar-refractivity contribution in [2.75, 3.05) is 39.5 Å². The Balaban J connectivity index is 1.64. The molecule has 2 amide bonds. The van der Waals surface area contributed by atoms with Crippen LogP contribution in [-0.4, -0.2) is 51.7 Å². The van der Waals surface area contributed by atoms with Gasteiger partial charge in [-0.05, 0) is 62.4 Å². The number of amides is 2. The third-order valence-electron chi connectivity index (χ3n) is 3.69. The van der Waals surface area contributed by atoms with E-state index >= 15 is 0 Å². The van der Waals surface area contributed by atoms with Gasteiger partial charge in [0.1, 0.15) is 37.9 Å². The van der Waals surface area contributed by atoms with Gasteiger partial charge >= 0.3 is 12.2 Å². The van der Waals surface area contributed by atoms with E-state index in [4.69, 9.17) is 18.9 Å². The number of alkyl carbamates (subject to hydrolysis) is 2. The van der Waals surface area contributed by atoms with Crippen LogP contribution < -0.4 is 20.1 Å². The molecular formula is C22H28N2O6S2. The fourth-order valence-electron chi connectivity index (χ4n) is 2.26. The van der Waals surface area contributed by atoms with Crippen LogP contribution in [-0.2, 0) is 9.47 Å². The Morgan fingerprint density at radius 2 is 1.03 bits per heavy atom. The number of carbonyl (C=O) groups excluding carboxylic acids is 2. The van der Waals surface area contributed by atoms with E-state index in [1.807, 2.05) is 62.4 Å². The lowest BCUT2D eigenvalue weighted by molar-refractivity contribution is 0.125. The first-order chi connectivity index (χ1) is 15.6. The van der Waals surface area contributed by atoms with Crippen LogP contribution in [0.2, 0.25) is 0 Å². The smallest absolute Gasteiger partial charge is 0.407 e. The summed E-state index contributed by atoms with van der Waals surface area (Å²) in [5, 5.41) is 5.11. The molecule has 0 unspecified atom stereocenters. The van der Waals surface area contributed by atoms with E-state index in [-0.39, 0.29) is 13.2 Å². The summed E-state index contributed by atoms with van der Waals surface area (Å²) in [7, 11) is 3.27. The quantitative estimate of drug-likeness (QED) is 0.314. The first kappa shape index (κ1) is 25.5. The molecule has 0 spiro atoms. The normalized spacial score (nSPS) is 10.2. The van der Waals surface area contributed by atoms with Crippen molar-refractivity contribution in [1.82, 2.24) is 10.6 Å². The number of rotatable bonds is 13. The van der Waals surface area contributed by atoms with Gasteiger partial charge in [0, 0.05) is 22.9 Å². The average molecular weight is 481 g/mol. The van der Waals surface area contributed by atoms with E-state index in [0.717, 1.165) is 21.3 Å². The Hall–Kier alpha value is -2.72. The van der Waals surface area contributed by atoms with Crippen LogP contribution >= 0.6 is 21.6 Å². The summed E-state index contributed by atoms with van der Waals surface area (Å²) in [5.41, 5.74) is 0. The van der Waals surface area contributed by atoms with E-state index in [0.29, 0.717) is 26.3 Å². The van der Waals surface area contributed by atoms with E-state index in [2.05, 4.69) is 10.6 Å². The Kier molecular flexibility index (Phi) is 12.1. The number of carbonyl (C=O) groups is 2. The van der Waals surface area contributed by atoms with E-state index in [1.54, 1.807) is 21.6 Å². The van der Waals surface area contributed by atoms with Crippen molar-refractivity contribution >= 4 is 33.8 Å². The molecule has 174 valence electrons. The number of hydrogen-bond donors (Lipinski definition) is 2. The van der Waals surface area contributed by atoms with E-state index in [1.165, 1.54) is 0 Å². The molecule has 10 heteroatoms. The van der Waals surface area contributed by atoms with Gasteiger partial charge in [-0.15, -0.1) is 0 Å². The topological polar surface area (TPSA) is 95.1 Å². The Morgan fingerprint density at radius 3 is 1.38 bits per heavy atom. The molecule has 2 N–H and O–H groups in total. The molecule has 8 nitrogen and oxygen atoms in total. The minimum absolute atomic E-state index is 0.194. The molecule has 0 aromatic heterocycles. The molecule has 0 atom stereocenters. The zero-order chi connectivity index (χ0) is 23.0. The molecule has 2 aromatic carbocycles. The zero-order valence-corrected chi connectivity index (χ0v) is 19.8. The highest BCUT2D eigenvalue weighted by molar-refractivity contribution is 8.76. The molecule has 0 fully saturated rings. The summed E-state index contributed by atoms with van der Waals surface area (Å²) < 4.78 is 21.0. The van der Waals surface area contributed by atoms with Crippen molar-refractivity contribution < 1.29 is 28.5 Å². The van der Waals surface area contributed by atoms with Crippen molar-refractivity contribution in [3.63, 3.8) is 0 Å². The number of ether oxygens (including phenoxy) is 4. The van der Waals surface area contributed by atoms with Crippen molar-refractivity contribution in [3.8, 4) is 11.5 Å². The zero-order valence-electron chi connectivity index (χ0n) is 18.1. The van der Waals surface area contributed by atoms with Gasteiger partial charge in [0.05, 0.1) is 0 Å². The van der Waals surface area contributed by atoms with Gasteiger partial charge in [-0.2, -0.15) is 0 Å². The lowest BCUT2D eigenvalue weighted by atomic mass is 10.3. The molecule has 0 aliphatic rings. The van der Waals surface area contributed by atoms with Crippen LogP contribution in [0.5, 0.6) is 11.5 Å². The maximum atomic E-state index is 11.2. The summed E-state index contributed by atoms with van der Waals surface area (Å²) in [6.45, 7) is 5.70. The second-order valence-electron chi connectivity index (χ2n) is 6.14. The molecule has 2 rings (SSSR count). The lowest BCUT2D eigenvalue weighted by Gasteiger charge is -2.09. The molecule has 0 aliphatic heterocycles. The highest BCUT2D eigenvalue weighted by Crippen LogP contribution is 2.38. The van der Waals surface area contributed by atoms with Gasteiger partial charge in [0.25, 0.3) is 0 Å². The number of benzene rings is 2. The average Bonchev–Trinajstić information content (AvgIpc) is 2.80. The van der Waals surface area contributed by atoms with Crippen LogP contribution in [0.15, 0.2) is 58.3 Å². The first-order valence-corrected chi connectivity index (χ1v) is 12.4. The van der Waals surface area contributed by atoms with Crippen LogP contribution in [0, 0.1) is 0 Å². The third kappa shape index (κ3) is 10.5. The third-order valence-corrected chi connectivity index (χ3v) is 6.11. The highest BCUT2D eigenvalue weighted by Gasteiger charge is 2.03. The summed E-state index contributed by atoms with van der Waals surface area (Å²) in [4.78, 5) is 24.6. The highest BCUT2D eigenvalue weighted by atomic mass is 33.1. The number of hydrogen-bond acceptors (Lipinski definition) is 8. The monoisotopic (exact) mass is 480 g/mol. The second kappa shape index (κ2) is 15.1. The van der Waals surface area contributed by atoms with Gasteiger partial charge in [-0.25, -0.2) is 9.59 Å². The molecule has 0 saturated heterocycles. The van der Waals surface area contributed by atoms with Crippen LogP contribution in [0.3, 0.4) is 0 Å². The number of nitrogens with one attached hydrogen (secondary N) is 2. The van der Waals surface area contributed by atoms with Gasteiger partial charge in [-0.1, -0.05) is 21.6 Å². The van der Waals surface area contributed by atoms with E-state index < -0.39 is 12.2 Å². The Labute approximate surface area is 196 Å². The van der Waals surface area contributed by atoms with Crippen LogP contribution in [0.4, 0.5) is 9.59 Å². The largest absolute Gasteiger partial charge is 0.490 e. The summed E-state index contributed by atoms with van der Waals surface area (Å²) >= 11 is 0. The lowest BCUT2D eigenvalue weighted by Crippen LogP contribution is -2.25. The van der Waals surface area contributed by atoms with Gasteiger partial charge in [-0.3, -0.25) is 0 Å². The molecule has 0 saturated carbocycles. The summed E-state index contributed by atoms with van der Waals surface area (Å²) in [6.07, 6.45) is -0.880. The predicted molar refractivity (Wildman–Crippen MR) is 126 cm³/mol. The molecule has 0 bridgehead atoms. The maximum absolute atomic E-state index is 11.2.